The van der Waals surface area contributed by atoms with Crippen LogP contribution in [0.5, 0.6) is 0 Å². The summed E-state index contributed by atoms with van der Waals surface area (Å²) >= 11 is 0. The second-order valence-corrected chi connectivity index (χ2v) is 32.2. The Balaban J connectivity index is 5.26. The zero-order chi connectivity index (χ0) is 71.6. The van der Waals surface area contributed by atoms with Gasteiger partial charge in [-0.2, -0.15) is 0 Å². The maximum absolute atomic E-state index is 13.1. The predicted octanol–water partition coefficient (Wildman–Crippen LogP) is 23.0. The molecule has 3 unspecified atom stereocenters. The van der Waals surface area contributed by atoms with Crippen molar-refractivity contribution in [1.82, 2.24) is 0 Å². The third-order valence-corrected chi connectivity index (χ3v) is 20.4. The molecule has 6 atom stereocenters. The molecular formula is C78H152O17P2. The van der Waals surface area contributed by atoms with Gasteiger partial charge < -0.3 is 33.8 Å². The van der Waals surface area contributed by atoms with Crippen LogP contribution in [-0.4, -0.2) is 96.7 Å². The molecule has 0 aromatic carbocycles. The van der Waals surface area contributed by atoms with Crippen LogP contribution in [0.15, 0.2) is 0 Å². The van der Waals surface area contributed by atoms with Gasteiger partial charge in [0.15, 0.2) is 12.2 Å². The number of rotatable bonds is 76. The largest absolute Gasteiger partial charge is 0.472 e. The van der Waals surface area contributed by atoms with Crippen LogP contribution in [0.1, 0.15) is 402 Å². The van der Waals surface area contributed by atoms with Crippen molar-refractivity contribution in [1.29, 1.82) is 0 Å². The Morgan fingerprint density at radius 1 is 0.299 bits per heavy atom. The van der Waals surface area contributed by atoms with Gasteiger partial charge in [-0.05, 0) is 43.4 Å². The van der Waals surface area contributed by atoms with E-state index in [0.29, 0.717) is 25.7 Å². The van der Waals surface area contributed by atoms with Crippen molar-refractivity contribution in [2.24, 2.45) is 17.8 Å². The predicted molar refractivity (Wildman–Crippen MR) is 395 cm³/mol. The van der Waals surface area contributed by atoms with Crippen molar-refractivity contribution in [2.75, 3.05) is 39.6 Å². The number of hydrogen-bond acceptors (Lipinski definition) is 15. The molecule has 0 heterocycles. The van der Waals surface area contributed by atoms with Crippen LogP contribution >= 0.6 is 15.6 Å². The minimum Gasteiger partial charge on any atom is -0.462 e. The minimum absolute atomic E-state index is 0.106. The first-order chi connectivity index (χ1) is 46.8. The number of carbonyl (C=O) groups is 4. The summed E-state index contributed by atoms with van der Waals surface area (Å²) in [6, 6.07) is 0. The lowest BCUT2D eigenvalue weighted by Crippen LogP contribution is -2.30. The Kier molecular flexibility index (Phi) is 67.1. The molecule has 0 aromatic heterocycles. The smallest absolute Gasteiger partial charge is 0.462 e. The average molecular weight is 1420 g/mol. The zero-order valence-electron chi connectivity index (χ0n) is 63.5. The fourth-order valence-electron chi connectivity index (χ4n) is 11.9. The number of aliphatic hydroxyl groups excluding tert-OH is 1. The zero-order valence-corrected chi connectivity index (χ0v) is 65.3. The summed E-state index contributed by atoms with van der Waals surface area (Å²) in [5.74, 6) is 0.263. The van der Waals surface area contributed by atoms with Gasteiger partial charge in [0.25, 0.3) is 0 Å². The highest BCUT2D eigenvalue weighted by atomic mass is 31.2. The van der Waals surface area contributed by atoms with Crippen LogP contribution in [-0.2, 0) is 65.4 Å². The van der Waals surface area contributed by atoms with Gasteiger partial charge in [0.2, 0.25) is 0 Å². The first-order valence-corrected chi connectivity index (χ1v) is 43.4. The molecule has 3 N–H and O–H groups in total. The third kappa shape index (κ3) is 70.9. The molecule has 0 radical (unpaired) electrons. The second-order valence-electron chi connectivity index (χ2n) is 29.3. The monoisotopic (exact) mass is 1420 g/mol. The molecule has 19 heteroatoms. The molecule has 576 valence electrons. The van der Waals surface area contributed by atoms with Gasteiger partial charge in [-0.15, -0.1) is 0 Å². The van der Waals surface area contributed by atoms with Gasteiger partial charge in [0.1, 0.15) is 19.3 Å². The number of phosphoric acid groups is 2. The Bertz CT molecular complexity index is 1890. The molecule has 0 saturated heterocycles. The minimum atomic E-state index is -4.96. The summed E-state index contributed by atoms with van der Waals surface area (Å²) in [7, 11) is -9.92. The molecule has 0 aliphatic rings. The van der Waals surface area contributed by atoms with Gasteiger partial charge in [0, 0.05) is 25.7 Å². The van der Waals surface area contributed by atoms with Crippen LogP contribution in [0.2, 0.25) is 0 Å². The van der Waals surface area contributed by atoms with Crippen molar-refractivity contribution in [3.05, 3.63) is 0 Å². The lowest BCUT2D eigenvalue weighted by atomic mass is 9.99. The molecule has 0 aliphatic heterocycles. The number of aliphatic hydroxyl groups is 1. The third-order valence-electron chi connectivity index (χ3n) is 18.5. The van der Waals surface area contributed by atoms with Gasteiger partial charge in [0.05, 0.1) is 26.4 Å². The second kappa shape index (κ2) is 68.5. The van der Waals surface area contributed by atoms with Crippen molar-refractivity contribution >= 4 is 39.5 Å². The first kappa shape index (κ1) is 95.1. The topological polar surface area (TPSA) is 237 Å². The summed E-state index contributed by atoms with van der Waals surface area (Å²) in [5.41, 5.74) is 0. The van der Waals surface area contributed by atoms with Crippen LogP contribution in [0.4, 0.5) is 0 Å². The lowest BCUT2D eigenvalue weighted by molar-refractivity contribution is -0.161. The Morgan fingerprint density at radius 3 is 0.784 bits per heavy atom. The van der Waals surface area contributed by atoms with E-state index in [4.69, 9.17) is 37.0 Å². The van der Waals surface area contributed by atoms with Crippen LogP contribution in [0, 0.1) is 17.8 Å². The highest BCUT2D eigenvalue weighted by Crippen LogP contribution is 2.45. The number of ether oxygens (including phenoxy) is 4. The highest BCUT2D eigenvalue weighted by molar-refractivity contribution is 7.47. The summed E-state index contributed by atoms with van der Waals surface area (Å²) in [4.78, 5) is 72.9. The van der Waals surface area contributed by atoms with E-state index < -0.39 is 97.5 Å². The maximum atomic E-state index is 13.1. The van der Waals surface area contributed by atoms with Gasteiger partial charge in [-0.1, -0.05) is 350 Å². The molecule has 97 heavy (non-hydrogen) atoms. The average Bonchev–Trinajstić information content (AvgIpc) is 1.88. The Morgan fingerprint density at radius 2 is 0.526 bits per heavy atom. The summed E-state index contributed by atoms with van der Waals surface area (Å²) in [5, 5.41) is 10.6. The maximum Gasteiger partial charge on any atom is 0.472 e. The molecule has 0 aliphatic carbocycles. The highest BCUT2D eigenvalue weighted by Gasteiger charge is 2.30. The SMILES string of the molecule is CCCCCCCCCCCCCC(=O)OC[C@H](COP(=O)(O)OC[C@H](O)COP(=O)(O)OC[C@@H](COC(=O)CCCCCCCCCCCCCC(C)C)OC(=O)CCCCCCCCCCCCCCCCCC(C)C)OC(=O)CCCCCCCCCCCCC(C)CC. The number of unbranched alkanes of at least 4 members (excludes halogenated alkanes) is 43. The van der Waals surface area contributed by atoms with Crippen LogP contribution in [0.3, 0.4) is 0 Å². The van der Waals surface area contributed by atoms with Gasteiger partial charge in [-0.3, -0.25) is 37.3 Å². The van der Waals surface area contributed by atoms with E-state index in [1.165, 1.54) is 212 Å². The van der Waals surface area contributed by atoms with E-state index >= 15 is 0 Å². The molecule has 0 aromatic rings. The number of carbonyl (C=O) groups excluding carboxylic acids is 4. The fraction of sp³-hybridized carbons (Fsp3) is 0.949. The Hall–Kier alpha value is -1.94. The van der Waals surface area contributed by atoms with E-state index in [-0.39, 0.29) is 25.7 Å². The molecule has 0 bridgehead atoms. The molecule has 0 rings (SSSR count). The number of phosphoric ester groups is 2. The molecule has 17 nitrogen and oxygen atoms in total. The van der Waals surface area contributed by atoms with E-state index in [0.717, 1.165) is 108 Å². The molecule has 0 spiro atoms. The lowest BCUT2D eigenvalue weighted by Gasteiger charge is -2.21. The molecule has 0 amide bonds. The fourth-order valence-corrected chi connectivity index (χ4v) is 13.5. The van der Waals surface area contributed by atoms with E-state index in [1.807, 2.05) is 0 Å². The van der Waals surface area contributed by atoms with E-state index in [9.17, 15) is 43.2 Å². The van der Waals surface area contributed by atoms with E-state index in [1.54, 1.807) is 0 Å². The summed E-state index contributed by atoms with van der Waals surface area (Å²) < 4.78 is 68.6. The quantitative estimate of drug-likeness (QED) is 0.0222. The molecule has 0 saturated carbocycles. The summed E-state index contributed by atoms with van der Waals surface area (Å²) in [6.07, 6.45) is 55.3. The van der Waals surface area contributed by atoms with Crippen molar-refractivity contribution < 1.29 is 80.2 Å². The Labute approximate surface area is 594 Å². The number of esters is 4. The number of hydrogen-bond donors (Lipinski definition) is 3. The summed E-state index contributed by atoms with van der Waals surface area (Å²) in [6.45, 7) is 12.0. The molecular weight excluding hydrogens is 1270 g/mol. The van der Waals surface area contributed by atoms with Gasteiger partial charge >= 0.3 is 39.5 Å². The first-order valence-electron chi connectivity index (χ1n) is 40.4. The van der Waals surface area contributed by atoms with Crippen LogP contribution in [0.25, 0.3) is 0 Å². The van der Waals surface area contributed by atoms with Crippen molar-refractivity contribution in [3.8, 4) is 0 Å². The molecule has 0 fully saturated rings. The van der Waals surface area contributed by atoms with Crippen molar-refractivity contribution in [2.45, 2.75) is 420 Å². The van der Waals surface area contributed by atoms with E-state index in [2.05, 4.69) is 48.5 Å². The van der Waals surface area contributed by atoms with Crippen molar-refractivity contribution in [3.63, 3.8) is 0 Å². The normalized spacial score (nSPS) is 14.3. The van der Waals surface area contributed by atoms with Gasteiger partial charge in [-0.25, -0.2) is 9.13 Å². The van der Waals surface area contributed by atoms with Crippen LogP contribution < -0.4 is 0 Å². The standard InChI is InChI=1S/C78H152O17P2/c1-8-10-11-12-13-14-21-31-38-45-52-59-75(80)88-65-74(95-78(83)62-55-48-41-34-27-26-30-37-44-51-58-71(7)9-2)68-93-97(86,87)91-64-72(79)63-90-96(84,85)92-67-73(66-89-76(81)60-53-46-39-32-25-20-23-29-36-43-50-57-70(5)6)94-77(82)61-54-47-40-33-24-19-17-15-16-18-22-28-35-42-49-56-69(3)4/h69-74,79H,8-68H2,1-7H3,(H,84,85)(H,86,87)/t71?,72-,73-,74-/m1/s1.